The first kappa shape index (κ1) is 15.3. The van der Waals surface area contributed by atoms with Gasteiger partial charge in [0, 0.05) is 4.90 Å². The molecule has 0 aliphatic heterocycles. The Labute approximate surface area is 116 Å². The molecule has 0 atom stereocenters. The van der Waals surface area contributed by atoms with Gasteiger partial charge < -0.3 is 5.11 Å². The van der Waals surface area contributed by atoms with E-state index in [0.29, 0.717) is 0 Å². The maximum absolute atomic E-state index is 10.2. The Kier molecular flexibility index (Phi) is 5.97. The summed E-state index contributed by atoms with van der Waals surface area (Å²) in [5.74, 6) is 0. The summed E-state index contributed by atoms with van der Waals surface area (Å²) in [7, 11) is 0. The minimum atomic E-state index is -0.498. The van der Waals surface area contributed by atoms with Gasteiger partial charge in [0.25, 0.3) is 0 Å². The monoisotopic (exact) mass is 264 g/mol. The second-order valence-electron chi connectivity index (χ2n) is 4.91. The van der Waals surface area contributed by atoms with E-state index in [-0.39, 0.29) is 0 Å². The molecule has 0 fully saturated rings. The molecule has 1 rings (SSSR count). The maximum atomic E-state index is 10.2. The molecular weight excluding hydrogens is 240 g/mol. The fourth-order valence-corrected chi connectivity index (χ4v) is 2.26. The molecule has 0 saturated carbocycles. The van der Waals surface area contributed by atoms with Gasteiger partial charge >= 0.3 is 0 Å². The van der Waals surface area contributed by atoms with Gasteiger partial charge in [-0.2, -0.15) is 0 Å². The fraction of sp³-hybridized carbons (Fsp3) is 0.500. The first-order valence-electron chi connectivity index (χ1n) is 6.69. The van der Waals surface area contributed by atoms with Gasteiger partial charge in [-0.25, -0.2) is 0 Å². The van der Waals surface area contributed by atoms with Crippen LogP contribution in [-0.2, 0) is 0 Å². The Balaban J connectivity index is 2.63. The predicted molar refractivity (Wildman–Crippen MR) is 82.1 cm³/mol. The summed E-state index contributed by atoms with van der Waals surface area (Å²) in [6, 6.07) is 8.16. The van der Waals surface area contributed by atoms with Crippen molar-refractivity contribution in [2.75, 3.05) is 0 Å². The lowest BCUT2D eigenvalue weighted by Crippen LogP contribution is -2.25. The van der Waals surface area contributed by atoms with Crippen LogP contribution in [0.3, 0.4) is 0 Å². The van der Waals surface area contributed by atoms with Crippen LogP contribution in [0.15, 0.2) is 35.2 Å². The summed E-state index contributed by atoms with van der Waals surface area (Å²) in [6.45, 7) is 6.20. The molecule has 2 heteroatoms. The zero-order valence-corrected chi connectivity index (χ0v) is 12.5. The number of hydrogen-bond donors (Lipinski definition) is 2. The third-order valence-corrected chi connectivity index (χ3v) is 3.96. The second-order valence-corrected chi connectivity index (χ2v) is 5.42. The lowest BCUT2D eigenvalue weighted by Gasteiger charge is -2.24. The fourth-order valence-electron chi connectivity index (χ4n) is 2.03. The van der Waals surface area contributed by atoms with E-state index in [0.717, 1.165) is 30.6 Å². The van der Waals surface area contributed by atoms with E-state index in [1.165, 1.54) is 11.1 Å². The average Bonchev–Trinajstić information content (AvgIpc) is 2.38. The van der Waals surface area contributed by atoms with Crippen LogP contribution in [0.4, 0.5) is 0 Å². The lowest BCUT2D eigenvalue weighted by molar-refractivity contribution is 0.0246. The molecule has 0 bridgehead atoms. The number of benzene rings is 1. The van der Waals surface area contributed by atoms with Crippen molar-refractivity contribution in [3.63, 3.8) is 0 Å². The highest BCUT2D eigenvalue weighted by atomic mass is 32.1. The minimum absolute atomic E-state index is 0.498. The molecule has 1 N–H and O–H groups in total. The highest BCUT2D eigenvalue weighted by molar-refractivity contribution is 7.80. The molecule has 0 aliphatic carbocycles. The van der Waals surface area contributed by atoms with Crippen LogP contribution in [-0.4, -0.2) is 10.7 Å². The first-order valence-corrected chi connectivity index (χ1v) is 7.14. The topological polar surface area (TPSA) is 20.2 Å². The van der Waals surface area contributed by atoms with Gasteiger partial charge in [0.1, 0.15) is 0 Å². The summed E-state index contributed by atoms with van der Waals surface area (Å²) < 4.78 is 0. The summed E-state index contributed by atoms with van der Waals surface area (Å²) in [6.07, 6.45) is 5.60. The summed E-state index contributed by atoms with van der Waals surface area (Å²) in [5, 5.41) is 10.2. The number of allylic oxidation sites excluding steroid dienone is 2. The second kappa shape index (κ2) is 7.01. The Morgan fingerprint density at radius 2 is 2.00 bits per heavy atom. The van der Waals surface area contributed by atoms with Crippen LogP contribution in [0.2, 0.25) is 0 Å². The number of rotatable bonds is 6. The average molecular weight is 264 g/mol. The smallest absolute Gasteiger partial charge is 0.0645 e. The Morgan fingerprint density at radius 3 is 2.56 bits per heavy atom. The maximum Gasteiger partial charge on any atom is 0.0645 e. The molecule has 0 spiro atoms. The molecular formula is C16H24OS. The van der Waals surface area contributed by atoms with Gasteiger partial charge in [0.2, 0.25) is 0 Å². The normalized spacial score (nSPS) is 12.8. The third-order valence-electron chi connectivity index (χ3n) is 3.68. The molecule has 0 aromatic heterocycles. The lowest BCUT2D eigenvalue weighted by atomic mass is 9.91. The summed E-state index contributed by atoms with van der Waals surface area (Å²) in [5.41, 5.74) is 1.96. The zero-order chi connectivity index (χ0) is 13.6. The Morgan fingerprint density at radius 1 is 1.33 bits per heavy atom. The largest absolute Gasteiger partial charge is 0.390 e. The standard InChI is InChI=1S/C16H24OS/c1-4-16(17,5-2)11-7-8-13(3)14-9-6-10-15(18)12-14/h6,8-10,12,17-18H,4-5,7,11H2,1-3H3. The van der Waals surface area contributed by atoms with Crippen molar-refractivity contribution in [2.24, 2.45) is 0 Å². The van der Waals surface area contributed by atoms with Crippen LogP contribution in [0.25, 0.3) is 5.57 Å². The van der Waals surface area contributed by atoms with Crippen molar-refractivity contribution in [3.8, 4) is 0 Å². The molecule has 18 heavy (non-hydrogen) atoms. The van der Waals surface area contributed by atoms with Gasteiger partial charge in [-0.05, 0) is 55.9 Å². The number of aliphatic hydroxyl groups is 1. The number of thiol groups is 1. The molecule has 1 aromatic rings. The van der Waals surface area contributed by atoms with E-state index in [2.05, 4.69) is 37.8 Å². The molecule has 1 aromatic carbocycles. The molecule has 0 aliphatic rings. The van der Waals surface area contributed by atoms with Gasteiger partial charge in [-0.15, -0.1) is 12.6 Å². The van der Waals surface area contributed by atoms with Gasteiger partial charge in [-0.3, -0.25) is 0 Å². The van der Waals surface area contributed by atoms with E-state index in [1.54, 1.807) is 0 Å². The van der Waals surface area contributed by atoms with Crippen LogP contribution >= 0.6 is 12.6 Å². The van der Waals surface area contributed by atoms with Crippen molar-refractivity contribution < 1.29 is 5.11 Å². The van der Waals surface area contributed by atoms with Crippen LogP contribution < -0.4 is 0 Å². The third kappa shape index (κ3) is 4.51. The summed E-state index contributed by atoms with van der Waals surface area (Å²) in [4.78, 5) is 0.985. The van der Waals surface area contributed by atoms with Crippen LogP contribution in [0.5, 0.6) is 0 Å². The SMILES string of the molecule is CCC(O)(CC)CCC=C(C)c1cccc(S)c1. The van der Waals surface area contributed by atoms with Crippen molar-refractivity contribution in [1.29, 1.82) is 0 Å². The molecule has 0 unspecified atom stereocenters. The molecule has 0 heterocycles. The van der Waals surface area contributed by atoms with Crippen molar-refractivity contribution >= 4 is 18.2 Å². The first-order chi connectivity index (χ1) is 8.50. The van der Waals surface area contributed by atoms with Crippen LogP contribution in [0.1, 0.15) is 52.0 Å². The quantitative estimate of drug-likeness (QED) is 0.713. The minimum Gasteiger partial charge on any atom is -0.390 e. The molecule has 100 valence electrons. The molecule has 0 radical (unpaired) electrons. The molecule has 0 amide bonds. The van der Waals surface area contributed by atoms with E-state index >= 15 is 0 Å². The van der Waals surface area contributed by atoms with E-state index in [9.17, 15) is 5.11 Å². The highest BCUT2D eigenvalue weighted by Gasteiger charge is 2.20. The van der Waals surface area contributed by atoms with Crippen molar-refractivity contribution in [1.82, 2.24) is 0 Å². The summed E-state index contributed by atoms with van der Waals surface area (Å²) >= 11 is 4.35. The molecule has 1 nitrogen and oxygen atoms in total. The zero-order valence-electron chi connectivity index (χ0n) is 11.6. The van der Waals surface area contributed by atoms with Gasteiger partial charge in [-0.1, -0.05) is 32.1 Å². The predicted octanol–water partition coefficient (Wildman–Crippen LogP) is 4.71. The van der Waals surface area contributed by atoms with Crippen LogP contribution in [0, 0.1) is 0 Å². The van der Waals surface area contributed by atoms with Gasteiger partial charge in [0.15, 0.2) is 0 Å². The van der Waals surface area contributed by atoms with Gasteiger partial charge in [0.05, 0.1) is 5.60 Å². The van der Waals surface area contributed by atoms with E-state index in [1.807, 2.05) is 26.0 Å². The van der Waals surface area contributed by atoms with Crippen molar-refractivity contribution in [3.05, 3.63) is 35.9 Å². The van der Waals surface area contributed by atoms with Crippen molar-refractivity contribution in [2.45, 2.75) is 57.0 Å². The van der Waals surface area contributed by atoms with E-state index in [4.69, 9.17) is 0 Å². The Hall–Kier alpha value is -0.730. The number of hydrogen-bond acceptors (Lipinski definition) is 2. The molecule has 0 saturated heterocycles. The van der Waals surface area contributed by atoms with E-state index < -0.39 is 5.60 Å². The Bertz CT molecular complexity index is 405. The highest BCUT2D eigenvalue weighted by Crippen LogP contribution is 2.23.